The Morgan fingerprint density at radius 2 is 1.79 bits per heavy atom. The molecule has 0 bridgehead atoms. The lowest BCUT2D eigenvalue weighted by Gasteiger charge is -2.32. The van der Waals surface area contributed by atoms with Crippen LogP contribution in [0.2, 0.25) is 0 Å². The van der Waals surface area contributed by atoms with Crippen LogP contribution in [0, 0.1) is 5.92 Å². The number of carbonyl (C=O) groups is 2. The summed E-state index contributed by atoms with van der Waals surface area (Å²) in [5.41, 5.74) is 2.31. The number of hydrogen-bond acceptors (Lipinski definition) is 3. The van der Waals surface area contributed by atoms with Gasteiger partial charge in [0, 0.05) is 36.7 Å². The highest BCUT2D eigenvalue weighted by Gasteiger charge is 2.29. The number of benzene rings is 2. The monoisotopic (exact) mass is 374 g/mol. The molecular formula is C22H22N4O2. The van der Waals surface area contributed by atoms with Crippen molar-refractivity contribution in [1.82, 2.24) is 14.7 Å². The van der Waals surface area contributed by atoms with E-state index in [-0.39, 0.29) is 17.7 Å². The van der Waals surface area contributed by atoms with E-state index < -0.39 is 0 Å². The number of carbonyl (C=O) groups excluding carboxylic acids is 2. The van der Waals surface area contributed by atoms with Crippen LogP contribution < -0.4 is 5.32 Å². The third-order valence-corrected chi connectivity index (χ3v) is 5.00. The summed E-state index contributed by atoms with van der Waals surface area (Å²) in [6.07, 6.45) is 5.19. The zero-order valence-corrected chi connectivity index (χ0v) is 15.5. The highest BCUT2D eigenvalue weighted by Crippen LogP contribution is 2.21. The Kier molecular flexibility index (Phi) is 5.19. The first-order chi connectivity index (χ1) is 13.7. The highest BCUT2D eigenvalue weighted by molar-refractivity contribution is 5.96. The van der Waals surface area contributed by atoms with Gasteiger partial charge in [0.1, 0.15) is 0 Å². The number of nitrogens with one attached hydrogen (secondary N) is 1. The van der Waals surface area contributed by atoms with Crippen LogP contribution in [0.4, 0.5) is 5.69 Å². The molecule has 142 valence electrons. The number of anilines is 1. The Morgan fingerprint density at radius 3 is 2.50 bits per heavy atom. The summed E-state index contributed by atoms with van der Waals surface area (Å²) in [6.45, 7) is 1.12. The van der Waals surface area contributed by atoms with Crippen molar-refractivity contribution in [3.05, 3.63) is 78.6 Å². The molecule has 2 aromatic carbocycles. The summed E-state index contributed by atoms with van der Waals surface area (Å²) < 4.78 is 1.75. The zero-order valence-electron chi connectivity index (χ0n) is 15.5. The molecular weight excluding hydrogens is 352 g/mol. The minimum absolute atomic E-state index is 0.0299. The summed E-state index contributed by atoms with van der Waals surface area (Å²) in [4.78, 5) is 27.3. The van der Waals surface area contributed by atoms with E-state index >= 15 is 0 Å². The van der Waals surface area contributed by atoms with Gasteiger partial charge < -0.3 is 10.2 Å². The third-order valence-electron chi connectivity index (χ3n) is 5.00. The number of hydrogen-bond donors (Lipinski definition) is 1. The van der Waals surface area contributed by atoms with Gasteiger partial charge in [0.2, 0.25) is 5.91 Å². The summed E-state index contributed by atoms with van der Waals surface area (Å²) in [7, 11) is 0. The summed E-state index contributed by atoms with van der Waals surface area (Å²) in [6, 6.07) is 18.7. The molecule has 0 saturated carbocycles. The molecule has 1 N–H and O–H groups in total. The maximum atomic E-state index is 12.9. The number of para-hydroxylation sites is 1. The zero-order chi connectivity index (χ0) is 19.3. The van der Waals surface area contributed by atoms with E-state index in [0.717, 1.165) is 24.2 Å². The predicted octanol–water partition coefficient (Wildman–Crippen LogP) is 3.36. The third kappa shape index (κ3) is 3.96. The van der Waals surface area contributed by atoms with E-state index in [1.807, 2.05) is 66.9 Å². The largest absolute Gasteiger partial charge is 0.338 e. The van der Waals surface area contributed by atoms with Gasteiger partial charge in [0.05, 0.1) is 11.6 Å². The average molecular weight is 374 g/mol. The molecule has 0 spiro atoms. The Morgan fingerprint density at radius 1 is 1.00 bits per heavy atom. The highest BCUT2D eigenvalue weighted by atomic mass is 16.2. The number of nitrogens with zero attached hydrogens (tertiary/aromatic N) is 3. The van der Waals surface area contributed by atoms with E-state index in [1.165, 1.54) is 0 Å². The first-order valence-electron chi connectivity index (χ1n) is 9.46. The predicted molar refractivity (Wildman–Crippen MR) is 107 cm³/mol. The topological polar surface area (TPSA) is 67.2 Å². The Bertz CT molecular complexity index is 936. The summed E-state index contributed by atoms with van der Waals surface area (Å²) >= 11 is 0. The van der Waals surface area contributed by atoms with Crippen molar-refractivity contribution in [3.63, 3.8) is 0 Å². The van der Waals surface area contributed by atoms with Gasteiger partial charge in [-0.05, 0) is 55.3 Å². The molecule has 1 saturated heterocycles. The molecule has 28 heavy (non-hydrogen) atoms. The van der Waals surface area contributed by atoms with E-state index in [2.05, 4.69) is 10.4 Å². The minimum atomic E-state index is -0.193. The van der Waals surface area contributed by atoms with Crippen LogP contribution in [0.1, 0.15) is 23.2 Å². The molecule has 1 aromatic heterocycles. The van der Waals surface area contributed by atoms with Crippen LogP contribution in [-0.2, 0) is 4.79 Å². The van der Waals surface area contributed by atoms with E-state index in [9.17, 15) is 9.59 Å². The standard InChI is InChI=1S/C22H22N4O2/c27-21(24-19-7-2-1-3-8-19)18-6-4-14-25(16-18)22(28)17-9-11-20(12-10-17)26-15-5-13-23-26/h1-3,5,7-13,15,18H,4,6,14,16H2,(H,24,27)/t18-/m1/s1. The van der Waals surface area contributed by atoms with Gasteiger partial charge >= 0.3 is 0 Å². The fraction of sp³-hybridized carbons (Fsp3) is 0.227. The van der Waals surface area contributed by atoms with Gasteiger partial charge in [-0.1, -0.05) is 18.2 Å². The first-order valence-corrected chi connectivity index (χ1v) is 9.46. The lowest BCUT2D eigenvalue weighted by molar-refractivity contribution is -0.121. The van der Waals surface area contributed by atoms with Gasteiger partial charge in [0.15, 0.2) is 0 Å². The normalized spacial score (nSPS) is 16.6. The van der Waals surface area contributed by atoms with Crippen LogP contribution in [0.3, 0.4) is 0 Å². The Hall–Kier alpha value is -3.41. The second kappa shape index (κ2) is 8.08. The molecule has 3 aromatic rings. The molecule has 4 rings (SSSR count). The second-order valence-corrected chi connectivity index (χ2v) is 6.94. The van der Waals surface area contributed by atoms with Gasteiger partial charge in [-0.25, -0.2) is 4.68 Å². The minimum Gasteiger partial charge on any atom is -0.338 e. The number of aromatic nitrogens is 2. The van der Waals surface area contributed by atoms with Crippen molar-refractivity contribution in [2.75, 3.05) is 18.4 Å². The van der Waals surface area contributed by atoms with Crippen molar-refractivity contribution >= 4 is 17.5 Å². The Balaban J connectivity index is 1.41. The van der Waals surface area contributed by atoms with E-state index in [0.29, 0.717) is 18.7 Å². The van der Waals surface area contributed by atoms with E-state index in [1.54, 1.807) is 15.8 Å². The quantitative estimate of drug-likeness (QED) is 0.761. The number of likely N-dealkylation sites (tertiary alicyclic amines) is 1. The maximum Gasteiger partial charge on any atom is 0.253 e. The molecule has 6 nitrogen and oxygen atoms in total. The van der Waals surface area contributed by atoms with Crippen LogP contribution in [0.5, 0.6) is 0 Å². The SMILES string of the molecule is O=C(Nc1ccccc1)[C@@H]1CCCN(C(=O)c2ccc(-n3cccn3)cc2)C1. The molecule has 1 aliphatic heterocycles. The van der Waals surface area contributed by atoms with Crippen molar-refractivity contribution in [3.8, 4) is 5.69 Å². The molecule has 0 unspecified atom stereocenters. The molecule has 1 fully saturated rings. The molecule has 0 radical (unpaired) electrons. The van der Waals surface area contributed by atoms with Crippen molar-refractivity contribution in [2.24, 2.45) is 5.92 Å². The molecule has 2 heterocycles. The van der Waals surface area contributed by atoms with Crippen molar-refractivity contribution in [2.45, 2.75) is 12.8 Å². The average Bonchev–Trinajstić information content (AvgIpc) is 3.29. The number of rotatable bonds is 4. The lowest BCUT2D eigenvalue weighted by Crippen LogP contribution is -2.43. The van der Waals surface area contributed by atoms with Gasteiger partial charge in [-0.2, -0.15) is 5.10 Å². The fourth-order valence-corrected chi connectivity index (χ4v) is 3.50. The molecule has 0 aliphatic carbocycles. The summed E-state index contributed by atoms with van der Waals surface area (Å²) in [5, 5.41) is 7.14. The summed E-state index contributed by atoms with van der Waals surface area (Å²) in [5.74, 6) is -0.261. The maximum absolute atomic E-state index is 12.9. The first kappa shape index (κ1) is 18.0. The molecule has 2 amide bonds. The Labute approximate surface area is 163 Å². The second-order valence-electron chi connectivity index (χ2n) is 6.94. The van der Waals surface area contributed by atoms with Crippen molar-refractivity contribution in [1.29, 1.82) is 0 Å². The van der Waals surface area contributed by atoms with Crippen LogP contribution in [0.15, 0.2) is 73.1 Å². The smallest absolute Gasteiger partial charge is 0.253 e. The molecule has 1 aliphatic rings. The number of piperidine rings is 1. The molecule has 6 heteroatoms. The van der Waals surface area contributed by atoms with Crippen LogP contribution >= 0.6 is 0 Å². The fourth-order valence-electron chi connectivity index (χ4n) is 3.50. The number of amides is 2. The van der Waals surface area contributed by atoms with Crippen LogP contribution in [-0.4, -0.2) is 39.6 Å². The van der Waals surface area contributed by atoms with Gasteiger partial charge in [-0.15, -0.1) is 0 Å². The lowest BCUT2D eigenvalue weighted by atomic mass is 9.96. The van der Waals surface area contributed by atoms with Crippen molar-refractivity contribution < 1.29 is 9.59 Å². The van der Waals surface area contributed by atoms with Gasteiger partial charge in [-0.3, -0.25) is 9.59 Å². The van der Waals surface area contributed by atoms with Gasteiger partial charge in [0.25, 0.3) is 5.91 Å². The van der Waals surface area contributed by atoms with E-state index in [4.69, 9.17) is 0 Å². The van der Waals surface area contributed by atoms with Crippen LogP contribution in [0.25, 0.3) is 5.69 Å². The molecule has 1 atom stereocenters.